The summed E-state index contributed by atoms with van der Waals surface area (Å²) in [6.45, 7) is 0. The van der Waals surface area contributed by atoms with Crippen molar-refractivity contribution >= 4 is 16.7 Å². The number of para-hydroxylation sites is 1. The van der Waals surface area contributed by atoms with E-state index in [0.717, 1.165) is 17.1 Å². The Kier molecular flexibility index (Phi) is 3.12. The van der Waals surface area contributed by atoms with Crippen LogP contribution in [0.5, 0.6) is 11.5 Å². The number of benzene rings is 2. The standard InChI is InChI=1S/C14H11N3OS/c15-14-16-13(17-19-14)10-6-8-12(9-7-10)18-11-4-2-1-3-5-11/h1-9H,(H2,15,16,17). The van der Waals surface area contributed by atoms with Crippen LogP contribution < -0.4 is 10.5 Å². The maximum Gasteiger partial charge on any atom is 0.200 e. The summed E-state index contributed by atoms with van der Waals surface area (Å²) in [7, 11) is 0. The highest BCUT2D eigenvalue weighted by Gasteiger charge is 2.04. The molecular formula is C14H11N3OS. The van der Waals surface area contributed by atoms with Gasteiger partial charge in [-0.2, -0.15) is 9.36 Å². The minimum absolute atomic E-state index is 0.472. The predicted molar refractivity (Wildman–Crippen MR) is 76.3 cm³/mol. The quantitative estimate of drug-likeness (QED) is 0.789. The number of rotatable bonds is 3. The minimum Gasteiger partial charge on any atom is -0.457 e. The Morgan fingerprint density at radius 1 is 0.895 bits per heavy atom. The molecule has 94 valence electrons. The maximum atomic E-state index is 5.71. The molecule has 0 aliphatic heterocycles. The number of nitrogens with zero attached hydrogens (tertiary/aromatic N) is 2. The van der Waals surface area contributed by atoms with Gasteiger partial charge in [0.1, 0.15) is 11.5 Å². The molecule has 0 aliphatic rings. The molecule has 0 amide bonds. The molecule has 3 aromatic rings. The topological polar surface area (TPSA) is 61.0 Å². The fourth-order valence-corrected chi connectivity index (χ4v) is 2.10. The number of anilines is 1. The van der Waals surface area contributed by atoms with Gasteiger partial charge in [0.15, 0.2) is 11.0 Å². The van der Waals surface area contributed by atoms with Crippen LogP contribution in [0.25, 0.3) is 11.4 Å². The second-order valence-corrected chi connectivity index (χ2v) is 4.68. The first-order valence-electron chi connectivity index (χ1n) is 5.74. The molecule has 0 unspecified atom stereocenters. The Bertz CT molecular complexity index is 665. The zero-order valence-corrected chi connectivity index (χ0v) is 10.8. The molecule has 1 aromatic heterocycles. The maximum absolute atomic E-state index is 5.71. The second-order valence-electron chi connectivity index (χ2n) is 3.90. The van der Waals surface area contributed by atoms with E-state index in [0.29, 0.717) is 11.0 Å². The molecule has 1 heterocycles. The average molecular weight is 269 g/mol. The fourth-order valence-electron chi connectivity index (χ4n) is 1.65. The molecule has 0 bridgehead atoms. The van der Waals surface area contributed by atoms with Crippen molar-refractivity contribution < 1.29 is 4.74 Å². The monoisotopic (exact) mass is 269 g/mol. The smallest absolute Gasteiger partial charge is 0.200 e. The molecule has 0 fully saturated rings. The number of hydrogen-bond acceptors (Lipinski definition) is 5. The van der Waals surface area contributed by atoms with Crippen LogP contribution in [0.15, 0.2) is 54.6 Å². The lowest BCUT2D eigenvalue weighted by Gasteiger charge is -2.05. The van der Waals surface area contributed by atoms with Gasteiger partial charge in [-0.15, -0.1) is 0 Å². The third kappa shape index (κ3) is 2.71. The molecule has 5 heteroatoms. The Hall–Kier alpha value is -2.40. The van der Waals surface area contributed by atoms with E-state index < -0.39 is 0 Å². The van der Waals surface area contributed by atoms with Crippen molar-refractivity contribution in [2.45, 2.75) is 0 Å². The van der Waals surface area contributed by atoms with E-state index in [2.05, 4.69) is 9.36 Å². The third-order valence-corrected chi connectivity index (χ3v) is 3.08. The van der Waals surface area contributed by atoms with E-state index in [1.54, 1.807) is 0 Å². The van der Waals surface area contributed by atoms with Crippen molar-refractivity contribution in [1.82, 2.24) is 9.36 Å². The summed E-state index contributed by atoms with van der Waals surface area (Å²) in [5, 5.41) is 0.472. The summed E-state index contributed by atoms with van der Waals surface area (Å²) in [6, 6.07) is 17.3. The molecule has 0 saturated carbocycles. The van der Waals surface area contributed by atoms with Crippen LogP contribution in [-0.4, -0.2) is 9.36 Å². The van der Waals surface area contributed by atoms with E-state index in [1.807, 2.05) is 54.6 Å². The van der Waals surface area contributed by atoms with E-state index in [4.69, 9.17) is 10.5 Å². The lowest BCUT2D eigenvalue weighted by molar-refractivity contribution is 0.483. The molecule has 0 radical (unpaired) electrons. The summed E-state index contributed by atoms with van der Waals surface area (Å²) in [5.74, 6) is 2.23. The van der Waals surface area contributed by atoms with Crippen molar-refractivity contribution in [3.63, 3.8) is 0 Å². The Labute approximate surface area is 114 Å². The normalized spacial score (nSPS) is 10.3. The zero-order valence-electron chi connectivity index (χ0n) is 9.98. The van der Waals surface area contributed by atoms with Gasteiger partial charge >= 0.3 is 0 Å². The SMILES string of the molecule is Nc1nc(-c2ccc(Oc3ccccc3)cc2)ns1. The van der Waals surface area contributed by atoms with Crippen molar-refractivity contribution in [2.24, 2.45) is 0 Å². The van der Waals surface area contributed by atoms with Gasteiger partial charge in [-0.3, -0.25) is 0 Å². The van der Waals surface area contributed by atoms with Crippen LogP contribution >= 0.6 is 11.5 Å². The van der Waals surface area contributed by atoms with Gasteiger partial charge in [0.05, 0.1) is 0 Å². The number of nitrogen functional groups attached to an aromatic ring is 1. The highest BCUT2D eigenvalue weighted by molar-refractivity contribution is 7.09. The number of hydrogen-bond donors (Lipinski definition) is 1. The number of aromatic nitrogens is 2. The van der Waals surface area contributed by atoms with Gasteiger partial charge in [0, 0.05) is 17.1 Å². The van der Waals surface area contributed by atoms with Gasteiger partial charge in [-0.25, -0.2) is 0 Å². The highest BCUT2D eigenvalue weighted by atomic mass is 32.1. The van der Waals surface area contributed by atoms with Gasteiger partial charge in [0.2, 0.25) is 0 Å². The van der Waals surface area contributed by atoms with Crippen LogP contribution in [0.1, 0.15) is 0 Å². The van der Waals surface area contributed by atoms with Gasteiger partial charge in [-0.05, 0) is 36.4 Å². The van der Waals surface area contributed by atoms with Crippen LogP contribution in [-0.2, 0) is 0 Å². The Balaban J connectivity index is 1.79. The van der Waals surface area contributed by atoms with Gasteiger partial charge in [0.25, 0.3) is 0 Å². The predicted octanol–water partition coefficient (Wildman–Crippen LogP) is 3.58. The number of ether oxygens (including phenoxy) is 1. The molecule has 0 spiro atoms. The van der Waals surface area contributed by atoms with E-state index in [9.17, 15) is 0 Å². The fraction of sp³-hybridized carbons (Fsp3) is 0. The summed E-state index contributed by atoms with van der Waals surface area (Å²) >= 11 is 1.19. The summed E-state index contributed by atoms with van der Waals surface area (Å²) in [6.07, 6.45) is 0. The summed E-state index contributed by atoms with van der Waals surface area (Å²) in [4.78, 5) is 4.14. The lowest BCUT2D eigenvalue weighted by atomic mass is 10.2. The molecule has 0 aliphatic carbocycles. The lowest BCUT2D eigenvalue weighted by Crippen LogP contribution is -1.86. The summed E-state index contributed by atoms with van der Waals surface area (Å²) in [5.41, 5.74) is 6.49. The summed E-state index contributed by atoms with van der Waals surface area (Å²) < 4.78 is 9.88. The van der Waals surface area contributed by atoms with Crippen LogP contribution in [0, 0.1) is 0 Å². The molecule has 0 saturated heterocycles. The van der Waals surface area contributed by atoms with Crippen molar-refractivity contribution in [2.75, 3.05) is 5.73 Å². The third-order valence-electron chi connectivity index (χ3n) is 2.53. The molecular weight excluding hydrogens is 258 g/mol. The van der Waals surface area contributed by atoms with Crippen molar-refractivity contribution in [3.8, 4) is 22.9 Å². The molecule has 3 rings (SSSR count). The van der Waals surface area contributed by atoms with Crippen molar-refractivity contribution in [1.29, 1.82) is 0 Å². The molecule has 0 atom stereocenters. The van der Waals surface area contributed by atoms with E-state index in [-0.39, 0.29) is 0 Å². The van der Waals surface area contributed by atoms with Crippen molar-refractivity contribution in [3.05, 3.63) is 54.6 Å². The largest absolute Gasteiger partial charge is 0.457 e. The molecule has 4 nitrogen and oxygen atoms in total. The average Bonchev–Trinajstić information content (AvgIpc) is 2.87. The second kappa shape index (κ2) is 5.07. The van der Waals surface area contributed by atoms with Crippen LogP contribution in [0.4, 0.5) is 5.13 Å². The van der Waals surface area contributed by atoms with E-state index >= 15 is 0 Å². The Morgan fingerprint density at radius 2 is 1.58 bits per heavy atom. The molecule has 2 N–H and O–H groups in total. The minimum atomic E-state index is 0.472. The van der Waals surface area contributed by atoms with Gasteiger partial charge < -0.3 is 10.5 Å². The molecule has 2 aromatic carbocycles. The van der Waals surface area contributed by atoms with E-state index in [1.165, 1.54) is 11.5 Å². The Morgan fingerprint density at radius 3 is 2.21 bits per heavy atom. The molecule has 19 heavy (non-hydrogen) atoms. The first-order valence-corrected chi connectivity index (χ1v) is 6.51. The number of nitrogens with two attached hydrogens (primary N) is 1. The van der Waals surface area contributed by atoms with Crippen LogP contribution in [0.2, 0.25) is 0 Å². The zero-order chi connectivity index (χ0) is 13.1. The first kappa shape index (κ1) is 11.7. The first-order chi connectivity index (χ1) is 9.31. The van der Waals surface area contributed by atoms with Gasteiger partial charge in [-0.1, -0.05) is 18.2 Å². The highest BCUT2D eigenvalue weighted by Crippen LogP contribution is 2.25. The van der Waals surface area contributed by atoms with Crippen LogP contribution in [0.3, 0.4) is 0 Å².